The van der Waals surface area contributed by atoms with E-state index in [0.717, 1.165) is 17.2 Å². The molecule has 0 saturated heterocycles. The van der Waals surface area contributed by atoms with Crippen LogP contribution >= 0.6 is 0 Å². The van der Waals surface area contributed by atoms with Gasteiger partial charge in [0.2, 0.25) is 0 Å². The van der Waals surface area contributed by atoms with Crippen LogP contribution in [0.1, 0.15) is 25.3 Å². The summed E-state index contributed by atoms with van der Waals surface area (Å²) >= 11 is 0. The van der Waals surface area contributed by atoms with Crippen molar-refractivity contribution in [2.24, 2.45) is 0 Å². The zero-order valence-corrected chi connectivity index (χ0v) is 12.1. The monoisotopic (exact) mass is 255 g/mol. The van der Waals surface area contributed by atoms with Crippen LogP contribution in [-0.4, -0.2) is 14.1 Å². The zero-order valence-electron chi connectivity index (χ0n) is 12.1. The van der Waals surface area contributed by atoms with Crippen LogP contribution in [0.15, 0.2) is 48.5 Å². The first-order valence-electron chi connectivity index (χ1n) is 6.61. The Bertz CT molecular complexity index is 497. The molecule has 0 N–H and O–H groups in total. The van der Waals surface area contributed by atoms with Crippen molar-refractivity contribution >= 4 is 5.69 Å². The third-order valence-corrected chi connectivity index (χ3v) is 3.09. The van der Waals surface area contributed by atoms with Gasteiger partial charge in [0.15, 0.2) is 0 Å². The zero-order chi connectivity index (χ0) is 13.8. The van der Waals surface area contributed by atoms with Crippen molar-refractivity contribution in [1.29, 1.82) is 0 Å². The molecule has 0 aliphatic rings. The molecule has 0 spiro atoms. The first kappa shape index (κ1) is 13.5. The fraction of sp³-hybridized carbons (Fsp3) is 0.294. The fourth-order valence-electron chi connectivity index (χ4n) is 1.90. The van der Waals surface area contributed by atoms with Crippen LogP contribution in [0, 0.1) is 0 Å². The van der Waals surface area contributed by atoms with Gasteiger partial charge in [-0.15, -0.1) is 0 Å². The van der Waals surface area contributed by atoms with Crippen molar-refractivity contribution in [3.8, 4) is 11.5 Å². The minimum absolute atomic E-state index is 0.511. The van der Waals surface area contributed by atoms with Gasteiger partial charge in [0.05, 0.1) is 0 Å². The summed E-state index contributed by atoms with van der Waals surface area (Å²) in [7, 11) is 4.05. The van der Waals surface area contributed by atoms with Crippen molar-refractivity contribution in [1.82, 2.24) is 0 Å². The van der Waals surface area contributed by atoms with E-state index in [2.05, 4.69) is 36.9 Å². The normalized spacial score (nSPS) is 10.6. The SMILES string of the molecule is CC(C)c1cccc(Oc2cccc(N(C)C)c2)c1. The lowest BCUT2D eigenvalue weighted by Gasteiger charge is -2.14. The summed E-state index contributed by atoms with van der Waals surface area (Å²) in [5.74, 6) is 2.27. The Morgan fingerprint density at radius 2 is 1.53 bits per heavy atom. The minimum atomic E-state index is 0.511. The molecule has 0 amide bonds. The minimum Gasteiger partial charge on any atom is -0.457 e. The summed E-state index contributed by atoms with van der Waals surface area (Å²) in [6.45, 7) is 4.37. The third-order valence-electron chi connectivity index (χ3n) is 3.09. The molecule has 0 saturated carbocycles. The summed E-state index contributed by atoms with van der Waals surface area (Å²) in [5.41, 5.74) is 2.43. The topological polar surface area (TPSA) is 12.5 Å². The molecule has 0 atom stereocenters. The molecule has 0 bridgehead atoms. The number of nitrogens with zero attached hydrogens (tertiary/aromatic N) is 1. The lowest BCUT2D eigenvalue weighted by molar-refractivity contribution is 0.481. The maximum absolute atomic E-state index is 5.93. The molecule has 0 aliphatic carbocycles. The Morgan fingerprint density at radius 1 is 0.895 bits per heavy atom. The molecular formula is C17H21NO. The maximum atomic E-state index is 5.93. The van der Waals surface area contributed by atoms with Crippen molar-refractivity contribution < 1.29 is 4.74 Å². The quantitative estimate of drug-likeness (QED) is 0.787. The number of benzene rings is 2. The Balaban J connectivity index is 2.21. The van der Waals surface area contributed by atoms with Gasteiger partial charge in [-0.3, -0.25) is 0 Å². The lowest BCUT2D eigenvalue weighted by atomic mass is 10.0. The smallest absolute Gasteiger partial charge is 0.129 e. The van der Waals surface area contributed by atoms with E-state index in [0.29, 0.717) is 5.92 Å². The van der Waals surface area contributed by atoms with Crippen LogP contribution in [0.25, 0.3) is 0 Å². The highest BCUT2D eigenvalue weighted by atomic mass is 16.5. The number of ether oxygens (including phenoxy) is 1. The maximum Gasteiger partial charge on any atom is 0.129 e. The highest BCUT2D eigenvalue weighted by Crippen LogP contribution is 2.27. The second-order valence-electron chi connectivity index (χ2n) is 5.22. The molecule has 2 heteroatoms. The number of anilines is 1. The molecule has 2 rings (SSSR count). The van der Waals surface area contributed by atoms with Crippen molar-refractivity contribution in [2.45, 2.75) is 19.8 Å². The van der Waals surface area contributed by atoms with Crippen LogP contribution in [0.4, 0.5) is 5.69 Å². The van der Waals surface area contributed by atoms with Gasteiger partial charge in [0.25, 0.3) is 0 Å². The van der Waals surface area contributed by atoms with Crippen LogP contribution in [0.2, 0.25) is 0 Å². The third kappa shape index (κ3) is 3.50. The Hall–Kier alpha value is -1.96. The molecule has 0 fully saturated rings. The fourth-order valence-corrected chi connectivity index (χ4v) is 1.90. The van der Waals surface area contributed by atoms with Gasteiger partial charge in [0.1, 0.15) is 11.5 Å². The molecular weight excluding hydrogens is 234 g/mol. The first-order chi connectivity index (χ1) is 9.06. The highest BCUT2D eigenvalue weighted by Gasteiger charge is 2.03. The standard InChI is InChI=1S/C17H21NO/c1-13(2)14-7-5-9-16(11-14)19-17-10-6-8-15(12-17)18(3)4/h5-13H,1-4H3. The summed E-state index contributed by atoms with van der Waals surface area (Å²) in [6.07, 6.45) is 0. The molecule has 100 valence electrons. The van der Waals surface area contributed by atoms with E-state index >= 15 is 0 Å². The molecule has 0 aromatic heterocycles. The average molecular weight is 255 g/mol. The van der Waals surface area contributed by atoms with Crippen molar-refractivity contribution in [3.63, 3.8) is 0 Å². The molecule has 2 nitrogen and oxygen atoms in total. The lowest BCUT2D eigenvalue weighted by Crippen LogP contribution is -2.08. The summed E-state index contributed by atoms with van der Waals surface area (Å²) in [4.78, 5) is 2.07. The van der Waals surface area contributed by atoms with Gasteiger partial charge in [0, 0.05) is 25.8 Å². The molecule has 0 aliphatic heterocycles. The number of rotatable bonds is 4. The molecule has 0 radical (unpaired) electrons. The number of hydrogen-bond donors (Lipinski definition) is 0. The van der Waals surface area contributed by atoms with E-state index in [1.807, 2.05) is 44.4 Å². The Labute approximate surface area is 115 Å². The number of hydrogen-bond acceptors (Lipinski definition) is 2. The van der Waals surface area contributed by atoms with Gasteiger partial charge in [-0.2, -0.15) is 0 Å². The van der Waals surface area contributed by atoms with Crippen LogP contribution in [-0.2, 0) is 0 Å². The molecule has 2 aromatic rings. The Kier molecular flexibility index (Phi) is 4.10. The summed E-state index contributed by atoms with van der Waals surface area (Å²) < 4.78 is 5.93. The van der Waals surface area contributed by atoms with E-state index in [-0.39, 0.29) is 0 Å². The van der Waals surface area contributed by atoms with Crippen LogP contribution in [0.3, 0.4) is 0 Å². The predicted molar refractivity (Wildman–Crippen MR) is 81.4 cm³/mol. The molecule has 19 heavy (non-hydrogen) atoms. The van der Waals surface area contributed by atoms with Gasteiger partial charge in [-0.05, 0) is 35.7 Å². The van der Waals surface area contributed by atoms with Crippen molar-refractivity contribution in [2.75, 3.05) is 19.0 Å². The second-order valence-corrected chi connectivity index (χ2v) is 5.22. The van der Waals surface area contributed by atoms with Crippen LogP contribution < -0.4 is 9.64 Å². The van der Waals surface area contributed by atoms with E-state index in [1.165, 1.54) is 5.56 Å². The van der Waals surface area contributed by atoms with Gasteiger partial charge >= 0.3 is 0 Å². The molecule has 0 heterocycles. The van der Waals surface area contributed by atoms with E-state index in [1.54, 1.807) is 0 Å². The average Bonchev–Trinajstić information content (AvgIpc) is 2.39. The largest absolute Gasteiger partial charge is 0.457 e. The van der Waals surface area contributed by atoms with Gasteiger partial charge in [-0.25, -0.2) is 0 Å². The molecule has 0 unspecified atom stereocenters. The summed E-state index contributed by atoms with van der Waals surface area (Å²) in [6, 6.07) is 16.4. The van der Waals surface area contributed by atoms with Crippen molar-refractivity contribution in [3.05, 3.63) is 54.1 Å². The van der Waals surface area contributed by atoms with E-state index in [9.17, 15) is 0 Å². The second kappa shape index (κ2) is 5.79. The van der Waals surface area contributed by atoms with E-state index < -0.39 is 0 Å². The highest BCUT2D eigenvalue weighted by molar-refractivity contribution is 5.50. The summed E-state index contributed by atoms with van der Waals surface area (Å²) in [5, 5.41) is 0. The predicted octanol–water partition coefficient (Wildman–Crippen LogP) is 4.67. The van der Waals surface area contributed by atoms with Crippen LogP contribution in [0.5, 0.6) is 11.5 Å². The van der Waals surface area contributed by atoms with Gasteiger partial charge < -0.3 is 9.64 Å². The first-order valence-corrected chi connectivity index (χ1v) is 6.61. The van der Waals surface area contributed by atoms with E-state index in [4.69, 9.17) is 4.74 Å². The molecule has 2 aromatic carbocycles. The Morgan fingerprint density at radius 3 is 2.16 bits per heavy atom. The van der Waals surface area contributed by atoms with Gasteiger partial charge in [-0.1, -0.05) is 32.0 Å².